The molecule has 104 heavy (non-hydrogen) atoms. The largest absolute Gasteiger partial charge is 0.472 e. The van der Waals surface area contributed by atoms with E-state index in [1.54, 1.807) is 0 Å². The molecule has 19 heteroatoms. The molecular formula is C85H166O17P2. The Morgan fingerprint density at radius 2 is 0.442 bits per heavy atom. The fourth-order valence-electron chi connectivity index (χ4n) is 13.2. The first-order chi connectivity index (χ1) is 50.4. The number of phosphoric acid groups is 2. The van der Waals surface area contributed by atoms with Crippen molar-refractivity contribution in [1.82, 2.24) is 0 Å². The van der Waals surface area contributed by atoms with Crippen LogP contribution in [0.1, 0.15) is 452 Å². The summed E-state index contributed by atoms with van der Waals surface area (Å²) in [4.78, 5) is 73.1. The summed E-state index contributed by atoms with van der Waals surface area (Å²) in [5.74, 6) is -0.631. The second-order valence-electron chi connectivity index (χ2n) is 31.5. The zero-order chi connectivity index (χ0) is 76.4. The van der Waals surface area contributed by atoms with E-state index >= 15 is 0 Å². The van der Waals surface area contributed by atoms with Crippen molar-refractivity contribution in [3.8, 4) is 0 Å². The van der Waals surface area contributed by atoms with E-state index in [0.29, 0.717) is 31.6 Å². The van der Waals surface area contributed by atoms with Gasteiger partial charge >= 0.3 is 39.5 Å². The van der Waals surface area contributed by atoms with Gasteiger partial charge < -0.3 is 33.8 Å². The van der Waals surface area contributed by atoms with Crippen LogP contribution in [0.3, 0.4) is 0 Å². The van der Waals surface area contributed by atoms with Crippen LogP contribution in [0, 0.1) is 11.8 Å². The number of hydrogen-bond donors (Lipinski definition) is 3. The molecule has 0 aromatic rings. The van der Waals surface area contributed by atoms with E-state index in [0.717, 1.165) is 102 Å². The maximum absolute atomic E-state index is 13.1. The molecule has 0 aliphatic carbocycles. The van der Waals surface area contributed by atoms with Gasteiger partial charge in [-0.2, -0.15) is 0 Å². The zero-order valence-electron chi connectivity index (χ0n) is 68.3. The van der Waals surface area contributed by atoms with Crippen LogP contribution in [0.2, 0.25) is 0 Å². The molecule has 0 fully saturated rings. The minimum Gasteiger partial charge on any atom is -0.462 e. The first kappa shape index (κ1) is 102. The second kappa shape index (κ2) is 76.4. The highest BCUT2D eigenvalue weighted by atomic mass is 31.2. The predicted molar refractivity (Wildman–Crippen MR) is 428 cm³/mol. The summed E-state index contributed by atoms with van der Waals surface area (Å²) in [6.45, 7) is 9.60. The van der Waals surface area contributed by atoms with E-state index in [-0.39, 0.29) is 25.7 Å². The third kappa shape index (κ3) is 78.2. The fraction of sp³-hybridized carbons (Fsp3) is 0.953. The minimum absolute atomic E-state index is 0.107. The Hall–Kier alpha value is -1.94. The lowest BCUT2D eigenvalue weighted by Gasteiger charge is -2.21. The molecule has 0 aromatic carbocycles. The van der Waals surface area contributed by atoms with Gasteiger partial charge in [0.1, 0.15) is 19.3 Å². The van der Waals surface area contributed by atoms with Crippen molar-refractivity contribution in [1.29, 1.82) is 0 Å². The zero-order valence-corrected chi connectivity index (χ0v) is 70.1. The first-order valence-electron chi connectivity index (χ1n) is 44.0. The van der Waals surface area contributed by atoms with Crippen LogP contribution in [0.4, 0.5) is 0 Å². The van der Waals surface area contributed by atoms with Gasteiger partial charge in [0.15, 0.2) is 12.2 Å². The fourth-order valence-corrected chi connectivity index (χ4v) is 14.8. The Morgan fingerprint density at radius 1 is 0.260 bits per heavy atom. The Kier molecular flexibility index (Phi) is 75.0. The van der Waals surface area contributed by atoms with Gasteiger partial charge in [0.2, 0.25) is 0 Å². The summed E-state index contributed by atoms with van der Waals surface area (Å²) in [6.07, 6.45) is 68.3. The van der Waals surface area contributed by atoms with E-state index in [9.17, 15) is 43.2 Å². The highest BCUT2D eigenvalue weighted by Gasteiger charge is 2.30. The van der Waals surface area contributed by atoms with Gasteiger partial charge in [-0.05, 0) is 37.5 Å². The SMILES string of the molecule is CCCCCCCCCCCCCCCCCCCCCCC(=O)O[C@H](COC(=O)CCCCCCCCCCCCCCCCCCCC)COP(=O)(O)OC[C@@H](O)COP(=O)(O)OC[C@@H](COC(=O)CCCCCCCCC(C)C)OC(=O)CCCCCCCCCCCCCCCCC(C)C. The lowest BCUT2D eigenvalue weighted by Crippen LogP contribution is -2.30. The molecular weight excluding hydrogens is 1350 g/mol. The van der Waals surface area contributed by atoms with Gasteiger partial charge in [0.25, 0.3) is 0 Å². The number of esters is 4. The third-order valence-corrected chi connectivity index (χ3v) is 21.9. The van der Waals surface area contributed by atoms with Crippen molar-refractivity contribution in [3.05, 3.63) is 0 Å². The van der Waals surface area contributed by atoms with Gasteiger partial charge in [-0.3, -0.25) is 37.3 Å². The summed E-state index contributed by atoms with van der Waals surface area (Å²) in [7, 11) is -9.93. The third-order valence-electron chi connectivity index (χ3n) is 20.0. The van der Waals surface area contributed by atoms with Gasteiger partial charge in [-0.1, -0.05) is 401 Å². The van der Waals surface area contributed by atoms with Crippen molar-refractivity contribution in [3.63, 3.8) is 0 Å². The molecule has 5 atom stereocenters. The maximum atomic E-state index is 13.1. The number of phosphoric ester groups is 2. The molecule has 0 aliphatic heterocycles. The van der Waals surface area contributed by atoms with E-state index < -0.39 is 97.5 Å². The van der Waals surface area contributed by atoms with Crippen molar-refractivity contribution in [2.24, 2.45) is 11.8 Å². The number of hydrogen-bond acceptors (Lipinski definition) is 15. The number of ether oxygens (including phenoxy) is 4. The summed E-state index contributed by atoms with van der Waals surface area (Å²) < 4.78 is 68.8. The number of carbonyl (C=O) groups excluding carboxylic acids is 4. The van der Waals surface area contributed by atoms with Crippen LogP contribution >= 0.6 is 15.6 Å². The van der Waals surface area contributed by atoms with Crippen molar-refractivity contribution >= 4 is 39.5 Å². The Labute approximate surface area is 638 Å². The van der Waals surface area contributed by atoms with Crippen molar-refractivity contribution in [2.45, 2.75) is 471 Å². The van der Waals surface area contributed by atoms with Crippen LogP contribution in [-0.2, 0) is 65.4 Å². The summed E-state index contributed by atoms with van der Waals surface area (Å²) in [6, 6.07) is 0. The quantitative estimate of drug-likeness (QED) is 0.0222. The Bertz CT molecular complexity index is 1990. The molecule has 2 unspecified atom stereocenters. The predicted octanol–water partition coefficient (Wildman–Crippen LogP) is 25.8. The van der Waals surface area contributed by atoms with Crippen LogP contribution < -0.4 is 0 Å². The number of aliphatic hydroxyl groups excluding tert-OH is 1. The van der Waals surface area contributed by atoms with E-state index in [4.69, 9.17) is 37.0 Å². The second-order valence-corrected chi connectivity index (χ2v) is 34.4. The molecule has 0 radical (unpaired) electrons. The molecule has 3 N–H and O–H groups in total. The van der Waals surface area contributed by atoms with Crippen molar-refractivity contribution < 1.29 is 80.2 Å². The Morgan fingerprint density at radius 3 is 0.654 bits per heavy atom. The maximum Gasteiger partial charge on any atom is 0.472 e. The van der Waals surface area contributed by atoms with E-state index in [1.165, 1.54) is 263 Å². The monoisotopic (exact) mass is 1520 g/mol. The summed E-state index contributed by atoms with van der Waals surface area (Å²) >= 11 is 0. The normalized spacial score (nSPS) is 13.8. The topological polar surface area (TPSA) is 237 Å². The average molecular weight is 1520 g/mol. The molecule has 17 nitrogen and oxygen atoms in total. The number of carbonyl (C=O) groups is 4. The smallest absolute Gasteiger partial charge is 0.462 e. The molecule has 0 amide bonds. The van der Waals surface area contributed by atoms with Crippen molar-refractivity contribution in [2.75, 3.05) is 39.6 Å². The lowest BCUT2D eigenvalue weighted by atomic mass is 10.0. The van der Waals surface area contributed by atoms with Crippen LogP contribution in [0.15, 0.2) is 0 Å². The average Bonchev–Trinajstić information content (AvgIpc) is 0.904. The highest BCUT2D eigenvalue weighted by molar-refractivity contribution is 7.47. The minimum atomic E-state index is -4.96. The molecule has 0 spiro atoms. The molecule has 0 rings (SSSR count). The van der Waals surface area contributed by atoms with Gasteiger partial charge in [-0.25, -0.2) is 9.13 Å². The highest BCUT2D eigenvalue weighted by Crippen LogP contribution is 2.45. The van der Waals surface area contributed by atoms with Gasteiger partial charge in [0, 0.05) is 25.7 Å². The number of unbranched alkanes of at least 4 members (excludes halogenated alkanes) is 54. The van der Waals surface area contributed by atoms with Gasteiger partial charge in [-0.15, -0.1) is 0 Å². The standard InChI is InChI=1S/C85H166O17P2/c1-7-9-11-13-15-17-19-21-23-25-27-28-30-32-37-41-45-49-57-63-69-84(89)101-80(73-95-82(87)67-61-55-48-44-40-36-31-29-26-24-22-20-18-16-14-12-10-8-2)75-99-103(91,92)97-71-79(86)72-98-104(93,94)100-76-81(74-96-83(88)68-62-56-52-51-54-60-66-78(5)6)102-85(90)70-64-58-50-46-42-38-34-33-35-39-43-47-53-59-65-77(3)4/h77-81,86H,7-76H2,1-6H3,(H,91,92)(H,93,94)/t79-,80-,81-/m1/s1. The first-order valence-corrected chi connectivity index (χ1v) is 47.0. The van der Waals surface area contributed by atoms with E-state index in [2.05, 4.69) is 41.5 Å². The number of aliphatic hydroxyl groups is 1. The number of rotatable bonds is 84. The van der Waals surface area contributed by atoms with E-state index in [1.807, 2.05) is 0 Å². The lowest BCUT2D eigenvalue weighted by molar-refractivity contribution is -0.161. The molecule has 0 heterocycles. The van der Waals surface area contributed by atoms with Crippen LogP contribution in [-0.4, -0.2) is 96.7 Å². The Balaban J connectivity index is 5.21. The summed E-state index contributed by atoms with van der Waals surface area (Å²) in [5.41, 5.74) is 0. The van der Waals surface area contributed by atoms with Crippen LogP contribution in [0.5, 0.6) is 0 Å². The summed E-state index contributed by atoms with van der Waals surface area (Å²) in [5, 5.41) is 10.7. The molecule has 0 saturated heterocycles. The molecule has 618 valence electrons. The van der Waals surface area contributed by atoms with Crippen LogP contribution in [0.25, 0.3) is 0 Å². The van der Waals surface area contributed by atoms with Gasteiger partial charge in [0.05, 0.1) is 26.4 Å². The molecule has 0 aromatic heterocycles. The molecule has 0 saturated carbocycles. The molecule has 0 bridgehead atoms. The molecule has 0 aliphatic rings.